The van der Waals surface area contributed by atoms with E-state index < -0.39 is 30.1 Å². The van der Waals surface area contributed by atoms with Crippen molar-refractivity contribution in [3.05, 3.63) is 65.5 Å². The van der Waals surface area contributed by atoms with Crippen molar-refractivity contribution < 1.29 is 18.8 Å². The van der Waals surface area contributed by atoms with Gasteiger partial charge in [0.05, 0.1) is 16.8 Å². The van der Waals surface area contributed by atoms with Crippen molar-refractivity contribution in [3.8, 4) is 0 Å². The quantitative estimate of drug-likeness (QED) is 0.429. The zero-order chi connectivity index (χ0) is 18.7. The van der Waals surface area contributed by atoms with Crippen LogP contribution in [-0.4, -0.2) is 34.3 Å². The second kappa shape index (κ2) is 7.28. The third kappa shape index (κ3) is 3.52. The fourth-order valence-electron chi connectivity index (χ4n) is 2.41. The summed E-state index contributed by atoms with van der Waals surface area (Å²) in [5, 5.41) is 2.52. The van der Waals surface area contributed by atoms with Gasteiger partial charge in [-0.05, 0) is 36.5 Å². The standard InChI is InChI=1S/C17H13FN4O3S/c18-12-7-3-4-8-13(12)19-17(26)21-20-14(23)9-22-15(24)10-5-1-2-6-11(10)16(22)25/h1-8H,9H2,(H,20,23)(H2,19,21,26). The van der Waals surface area contributed by atoms with Crippen LogP contribution in [0.15, 0.2) is 48.5 Å². The number of carbonyl (C=O) groups excluding carboxylic acids is 3. The van der Waals surface area contributed by atoms with Crippen LogP contribution in [-0.2, 0) is 4.79 Å². The highest BCUT2D eigenvalue weighted by Gasteiger charge is 2.36. The Hall–Kier alpha value is -3.33. The molecule has 1 aliphatic heterocycles. The van der Waals surface area contributed by atoms with E-state index in [4.69, 9.17) is 12.2 Å². The van der Waals surface area contributed by atoms with Gasteiger partial charge in [-0.25, -0.2) is 4.39 Å². The molecule has 132 valence electrons. The number of hydrogen-bond donors (Lipinski definition) is 3. The van der Waals surface area contributed by atoms with Crippen molar-refractivity contribution in [3.63, 3.8) is 0 Å². The van der Waals surface area contributed by atoms with Gasteiger partial charge in [0.1, 0.15) is 12.4 Å². The molecule has 3 N–H and O–H groups in total. The molecule has 26 heavy (non-hydrogen) atoms. The molecule has 0 radical (unpaired) electrons. The first kappa shape index (κ1) is 17.5. The maximum Gasteiger partial charge on any atom is 0.262 e. The molecule has 0 saturated carbocycles. The van der Waals surface area contributed by atoms with E-state index >= 15 is 0 Å². The predicted octanol–water partition coefficient (Wildman–Crippen LogP) is 1.44. The summed E-state index contributed by atoms with van der Waals surface area (Å²) >= 11 is 4.95. The Morgan fingerprint density at radius 3 is 2.15 bits per heavy atom. The highest BCUT2D eigenvalue weighted by Crippen LogP contribution is 2.21. The molecule has 1 aliphatic rings. The molecule has 0 saturated heterocycles. The van der Waals surface area contributed by atoms with Gasteiger partial charge >= 0.3 is 0 Å². The molecule has 1 heterocycles. The van der Waals surface area contributed by atoms with E-state index in [1.54, 1.807) is 18.2 Å². The van der Waals surface area contributed by atoms with Gasteiger partial charge in [-0.15, -0.1) is 0 Å². The van der Waals surface area contributed by atoms with Crippen LogP contribution in [0.2, 0.25) is 0 Å². The molecule has 7 nitrogen and oxygen atoms in total. The summed E-state index contributed by atoms with van der Waals surface area (Å²) in [6, 6.07) is 12.2. The zero-order valence-electron chi connectivity index (χ0n) is 13.3. The number of hydrazine groups is 1. The molecule has 9 heteroatoms. The molecule has 0 unspecified atom stereocenters. The van der Waals surface area contributed by atoms with Gasteiger partial charge in [0.25, 0.3) is 17.7 Å². The normalized spacial score (nSPS) is 12.6. The minimum absolute atomic E-state index is 0.0502. The van der Waals surface area contributed by atoms with Crippen LogP contribution in [0.25, 0.3) is 0 Å². The van der Waals surface area contributed by atoms with Crippen LogP contribution < -0.4 is 16.2 Å². The van der Waals surface area contributed by atoms with Gasteiger partial charge in [0, 0.05) is 0 Å². The minimum atomic E-state index is -0.655. The molecule has 0 bridgehead atoms. The number of imide groups is 1. The lowest BCUT2D eigenvalue weighted by Crippen LogP contribution is -2.48. The fraction of sp³-hybridized carbons (Fsp3) is 0.0588. The van der Waals surface area contributed by atoms with Crippen LogP contribution >= 0.6 is 12.2 Å². The summed E-state index contributed by atoms with van der Waals surface area (Å²) in [6.07, 6.45) is 0. The van der Waals surface area contributed by atoms with Crippen molar-refractivity contribution in [1.29, 1.82) is 0 Å². The van der Waals surface area contributed by atoms with Gasteiger partial charge in [0.2, 0.25) is 0 Å². The Kier molecular flexibility index (Phi) is 4.90. The first-order valence-electron chi connectivity index (χ1n) is 7.53. The number of nitrogens with zero attached hydrogens (tertiary/aromatic N) is 1. The molecule has 3 amide bonds. The molecule has 3 rings (SSSR count). The van der Waals surface area contributed by atoms with Gasteiger partial charge < -0.3 is 5.32 Å². The number of halogens is 1. The number of thiocarbonyl (C=S) groups is 1. The lowest BCUT2D eigenvalue weighted by molar-refractivity contribution is -0.121. The van der Waals surface area contributed by atoms with Crippen LogP contribution in [0, 0.1) is 5.82 Å². The summed E-state index contributed by atoms with van der Waals surface area (Å²) in [5.74, 6) is -2.23. The van der Waals surface area contributed by atoms with Gasteiger partial charge in [-0.3, -0.25) is 30.1 Å². The number of carbonyl (C=O) groups is 3. The summed E-state index contributed by atoms with van der Waals surface area (Å²) in [7, 11) is 0. The Balaban J connectivity index is 1.54. The molecular weight excluding hydrogens is 359 g/mol. The van der Waals surface area contributed by atoms with Gasteiger partial charge in [0.15, 0.2) is 5.11 Å². The number of anilines is 1. The van der Waals surface area contributed by atoms with E-state index in [0.717, 1.165) is 4.90 Å². The SMILES string of the molecule is O=C(CN1C(=O)c2ccccc2C1=O)NNC(=S)Nc1ccccc1F. The number of benzene rings is 2. The second-order valence-electron chi connectivity index (χ2n) is 5.35. The number of nitrogens with one attached hydrogen (secondary N) is 3. The third-order valence-corrected chi connectivity index (χ3v) is 3.82. The Morgan fingerprint density at radius 1 is 0.962 bits per heavy atom. The second-order valence-corrected chi connectivity index (χ2v) is 5.76. The van der Waals surface area contributed by atoms with E-state index in [1.165, 1.54) is 30.3 Å². The van der Waals surface area contributed by atoms with E-state index in [9.17, 15) is 18.8 Å². The number of hydrogen-bond acceptors (Lipinski definition) is 4. The smallest absolute Gasteiger partial charge is 0.262 e. The van der Waals surface area contributed by atoms with Crippen molar-refractivity contribution in [2.24, 2.45) is 0 Å². The number of para-hydroxylation sites is 1. The highest BCUT2D eigenvalue weighted by molar-refractivity contribution is 7.80. The average molecular weight is 372 g/mol. The topological polar surface area (TPSA) is 90.5 Å². The van der Waals surface area contributed by atoms with Gasteiger partial charge in [-0.2, -0.15) is 0 Å². The van der Waals surface area contributed by atoms with Crippen LogP contribution in [0.3, 0.4) is 0 Å². The highest BCUT2D eigenvalue weighted by atomic mass is 32.1. The monoisotopic (exact) mass is 372 g/mol. The summed E-state index contributed by atoms with van der Waals surface area (Å²) in [4.78, 5) is 37.2. The lowest BCUT2D eigenvalue weighted by atomic mass is 10.1. The molecule has 0 atom stereocenters. The lowest BCUT2D eigenvalue weighted by Gasteiger charge is -2.15. The molecule has 0 aliphatic carbocycles. The molecular formula is C17H13FN4O3S. The Morgan fingerprint density at radius 2 is 1.54 bits per heavy atom. The summed E-state index contributed by atoms with van der Waals surface area (Å²) in [6.45, 7) is -0.471. The maximum absolute atomic E-state index is 13.5. The van der Waals surface area contributed by atoms with E-state index in [2.05, 4.69) is 16.2 Å². The average Bonchev–Trinajstić information content (AvgIpc) is 2.87. The fourth-order valence-corrected chi connectivity index (χ4v) is 2.57. The van der Waals surface area contributed by atoms with E-state index in [-0.39, 0.29) is 21.9 Å². The third-order valence-electron chi connectivity index (χ3n) is 3.62. The first-order valence-corrected chi connectivity index (χ1v) is 7.94. The Labute approximate surface area is 153 Å². The van der Waals surface area contributed by atoms with Crippen LogP contribution in [0.5, 0.6) is 0 Å². The Bertz CT molecular complexity index is 883. The van der Waals surface area contributed by atoms with Crippen LogP contribution in [0.4, 0.5) is 10.1 Å². The first-order chi connectivity index (χ1) is 12.5. The number of rotatable bonds is 3. The molecule has 0 fully saturated rings. The summed E-state index contributed by atoms with van der Waals surface area (Å²) in [5.41, 5.74) is 5.30. The van der Waals surface area contributed by atoms with Crippen molar-refractivity contribution in [1.82, 2.24) is 15.8 Å². The molecule has 0 spiro atoms. The largest absolute Gasteiger partial charge is 0.329 e. The molecule has 2 aromatic carbocycles. The predicted molar refractivity (Wildman–Crippen MR) is 95.7 cm³/mol. The minimum Gasteiger partial charge on any atom is -0.329 e. The summed E-state index contributed by atoms with van der Waals surface area (Å²) < 4.78 is 13.5. The van der Waals surface area contributed by atoms with Crippen LogP contribution in [0.1, 0.15) is 20.7 Å². The maximum atomic E-state index is 13.5. The molecule has 0 aromatic heterocycles. The van der Waals surface area contributed by atoms with Gasteiger partial charge in [-0.1, -0.05) is 24.3 Å². The molecule has 2 aromatic rings. The number of fused-ring (bicyclic) bond motifs is 1. The van der Waals surface area contributed by atoms with Crippen molar-refractivity contribution in [2.75, 3.05) is 11.9 Å². The van der Waals surface area contributed by atoms with Crippen molar-refractivity contribution in [2.45, 2.75) is 0 Å². The van der Waals surface area contributed by atoms with E-state index in [1.807, 2.05) is 0 Å². The van der Waals surface area contributed by atoms with E-state index in [0.29, 0.717) is 0 Å². The number of amides is 3. The zero-order valence-corrected chi connectivity index (χ0v) is 14.1. The van der Waals surface area contributed by atoms with Crippen molar-refractivity contribution >= 4 is 40.7 Å².